The van der Waals surface area contributed by atoms with Crippen molar-refractivity contribution in [3.63, 3.8) is 0 Å². The maximum absolute atomic E-state index is 11.7. The Bertz CT molecular complexity index is 409. The van der Waals surface area contributed by atoms with Gasteiger partial charge in [-0.2, -0.15) is 0 Å². The van der Waals surface area contributed by atoms with Crippen molar-refractivity contribution < 1.29 is 9.53 Å². The molecule has 0 aliphatic carbocycles. The van der Waals surface area contributed by atoms with Crippen LogP contribution in [0.5, 0.6) is 0 Å². The van der Waals surface area contributed by atoms with E-state index in [2.05, 4.69) is 31.2 Å². The smallest absolute Gasteiger partial charge is 0.325 e. The molecule has 0 spiro atoms. The average molecular weight is 263 g/mol. The van der Waals surface area contributed by atoms with Crippen LogP contribution in [0.2, 0.25) is 0 Å². The van der Waals surface area contributed by atoms with E-state index in [4.69, 9.17) is 4.74 Å². The molecule has 0 aromatic heterocycles. The van der Waals surface area contributed by atoms with Gasteiger partial charge in [-0.3, -0.25) is 9.69 Å². The maximum Gasteiger partial charge on any atom is 0.325 e. The molecule has 0 radical (unpaired) electrons. The monoisotopic (exact) mass is 263 g/mol. The lowest BCUT2D eigenvalue weighted by Gasteiger charge is -2.32. The Morgan fingerprint density at radius 1 is 1.21 bits per heavy atom. The van der Waals surface area contributed by atoms with Gasteiger partial charge in [0.05, 0.1) is 7.11 Å². The molecule has 1 aromatic rings. The first-order valence-corrected chi connectivity index (χ1v) is 6.79. The molecule has 3 heteroatoms. The van der Waals surface area contributed by atoms with E-state index in [9.17, 15) is 4.79 Å². The quantitative estimate of drug-likeness (QED) is 0.739. The first-order valence-electron chi connectivity index (χ1n) is 6.79. The Balaban J connectivity index is 2.71. The van der Waals surface area contributed by atoms with Crippen molar-refractivity contribution >= 4 is 5.97 Å². The number of methoxy groups -OCH3 is 1. The fourth-order valence-electron chi connectivity index (χ4n) is 1.98. The van der Waals surface area contributed by atoms with Gasteiger partial charge in [-0.05, 0) is 38.4 Å². The van der Waals surface area contributed by atoms with Crippen LogP contribution in [0, 0.1) is 0 Å². The van der Waals surface area contributed by atoms with Gasteiger partial charge in [-0.15, -0.1) is 0 Å². The van der Waals surface area contributed by atoms with Crippen LogP contribution in [0.4, 0.5) is 0 Å². The van der Waals surface area contributed by atoms with E-state index in [1.54, 1.807) is 0 Å². The second kappa shape index (κ2) is 6.71. The molecular weight excluding hydrogens is 238 g/mol. The normalized spacial score (nSPS) is 11.7. The number of esters is 1. The SMILES string of the molecule is CCCc1ccc(CN(C)C(C)(C)C(=O)OC)cc1. The number of likely N-dealkylation sites (N-methyl/N-ethyl adjacent to an activating group) is 1. The summed E-state index contributed by atoms with van der Waals surface area (Å²) in [5.41, 5.74) is 1.96. The fraction of sp³-hybridized carbons (Fsp3) is 0.562. The predicted molar refractivity (Wildman–Crippen MR) is 78.0 cm³/mol. The number of hydrogen-bond donors (Lipinski definition) is 0. The molecule has 106 valence electrons. The molecule has 0 unspecified atom stereocenters. The highest BCUT2D eigenvalue weighted by Crippen LogP contribution is 2.18. The molecule has 0 bridgehead atoms. The third-order valence-electron chi connectivity index (χ3n) is 3.62. The van der Waals surface area contributed by atoms with Gasteiger partial charge in [-0.1, -0.05) is 37.6 Å². The second-order valence-electron chi connectivity index (χ2n) is 5.47. The number of nitrogens with zero attached hydrogens (tertiary/aromatic N) is 1. The van der Waals surface area contributed by atoms with E-state index in [0.717, 1.165) is 19.4 Å². The zero-order chi connectivity index (χ0) is 14.5. The van der Waals surface area contributed by atoms with Crippen LogP contribution < -0.4 is 0 Å². The highest BCUT2D eigenvalue weighted by Gasteiger charge is 2.33. The van der Waals surface area contributed by atoms with Gasteiger partial charge in [-0.25, -0.2) is 0 Å². The molecule has 0 fully saturated rings. The van der Waals surface area contributed by atoms with Crippen molar-refractivity contribution in [2.75, 3.05) is 14.2 Å². The molecule has 0 aliphatic heterocycles. The molecule has 1 aromatic carbocycles. The van der Waals surface area contributed by atoms with Crippen LogP contribution in [-0.4, -0.2) is 30.6 Å². The number of benzene rings is 1. The van der Waals surface area contributed by atoms with E-state index in [-0.39, 0.29) is 5.97 Å². The largest absolute Gasteiger partial charge is 0.468 e. The zero-order valence-corrected chi connectivity index (χ0v) is 12.7. The van der Waals surface area contributed by atoms with Gasteiger partial charge < -0.3 is 4.74 Å². The summed E-state index contributed by atoms with van der Waals surface area (Å²) in [6, 6.07) is 8.60. The zero-order valence-electron chi connectivity index (χ0n) is 12.7. The number of aryl methyl sites for hydroxylation is 1. The summed E-state index contributed by atoms with van der Waals surface area (Å²) in [7, 11) is 3.37. The van der Waals surface area contributed by atoms with E-state index < -0.39 is 5.54 Å². The minimum atomic E-state index is -0.614. The highest BCUT2D eigenvalue weighted by atomic mass is 16.5. The van der Waals surface area contributed by atoms with Crippen molar-refractivity contribution in [3.05, 3.63) is 35.4 Å². The number of ether oxygens (including phenoxy) is 1. The molecular formula is C16H25NO2. The van der Waals surface area contributed by atoms with Crippen LogP contribution in [0.1, 0.15) is 38.3 Å². The molecule has 0 aliphatic rings. The molecule has 1 rings (SSSR count). The Kier molecular flexibility index (Phi) is 5.55. The van der Waals surface area contributed by atoms with Crippen molar-refractivity contribution in [3.8, 4) is 0 Å². The predicted octanol–water partition coefficient (Wildman–Crippen LogP) is 3.02. The molecule has 0 N–H and O–H groups in total. The first-order chi connectivity index (χ1) is 8.91. The van der Waals surface area contributed by atoms with E-state index in [1.807, 2.05) is 25.8 Å². The van der Waals surface area contributed by atoms with E-state index in [1.165, 1.54) is 18.2 Å². The van der Waals surface area contributed by atoms with Crippen LogP contribution in [0.25, 0.3) is 0 Å². The molecule has 0 saturated heterocycles. The van der Waals surface area contributed by atoms with Gasteiger partial charge in [0, 0.05) is 6.54 Å². The van der Waals surface area contributed by atoms with Gasteiger partial charge in [0.1, 0.15) is 5.54 Å². The van der Waals surface area contributed by atoms with Crippen LogP contribution >= 0.6 is 0 Å². The van der Waals surface area contributed by atoms with Crippen LogP contribution in [0.15, 0.2) is 24.3 Å². The number of hydrogen-bond acceptors (Lipinski definition) is 3. The van der Waals surface area contributed by atoms with Crippen LogP contribution in [0.3, 0.4) is 0 Å². The van der Waals surface area contributed by atoms with Crippen molar-refractivity contribution in [2.24, 2.45) is 0 Å². The Labute approximate surface area is 116 Å². The maximum atomic E-state index is 11.7. The summed E-state index contributed by atoms with van der Waals surface area (Å²) in [6.45, 7) is 6.67. The Hall–Kier alpha value is -1.35. The van der Waals surface area contributed by atoms with E-state index in [0.29, 0.717) is 0 Å². The molecule has 0 saturated carbocycles. The number of carbonyl (C=O) groups excluding carboxylic acids is 1. The number of rotatable bonds is 6. The molecule has 19 heavy (non-hydrogen) atoms. The summed E-state index contributed by atoms with van der Waals surface area (Å²) in [6.07, 6.45) is 2.28. The second-order valence-corrected chi connectivity index (χ2v) is 5.47. The third-order valence-corrected chi connectivity index (χ3v) is 3.62. The van der Waals surface area contributed by atoms with Crippen molar-refractivity contribution in [2.45, 2.75) is 45.7 Å². The lowest BCUT2D eigenvalue weighted by Crippen LogP contribution is -2.48. The summed E-state index contributed by atoms with van der Waals surface area (Å²) in [4.78, 5) is 13.7. The summed E-state index contributed by atoms with van der Waals surface area (Å²) in [5.74, 6) is -0.211. The van der Waals surface area contributed by atoms with Gasteiger partial charge in [0.15, 0.2) is 0 Å². The third kappa shape index (κ3) is 4.06. The Morgan fingerprint density at radius 2 is 1.74 bits per heavy atom. The van der Waals surface area contributed by atoms with Gasteiger partial charge >= 0.3 is 5.97 Å². The van der Waals surface area contributed by atoms with Gasteiger partial charge in [0.25, 0.3) is 0 Å². The minimum absolute atomic E-state index is 0.211. The minimum Gasteiger partial charge on any atom is -0.468 e. The lowest BCUT2D eigenvalue weighted by molar-refractivity contribution is -0.152. The Morgan fingerprint density at radius 3 is 2.21 bits per heavy atom. The van der Waals surface area contributed by atoms with E-state index >= 15 is 0 Å². The topological polar surface area (TPSA) is 29.5 Å². The molecule has 3 nitrogen and oxygen atoms in total. The lowest BCUT2D eigenvalue weighted by atomic mass is 10.0. The molecule has 0 atom stereocenters. The first kappa shape index (κ1) is 15.7. The number of carbonyl (C=O) groups is 1. The fourth-order valence-corrected chi connectivity index (χ4v) is 1.98. The van der Waals surface area contributed by atoms with Gasteiger partial charge in [0.2, 0.25) is 0 Å². The summed E-state index contributed by atoms with van der Waals surface area (Å²) in [5, 5.41) is 0. The standard InChI is InChI=1S/C16H25NO2/c1-6-7-13-8-10-14(11-9-13)12-17(4)16(2,3)15(18)19-5/h8-11H,6-7,12H2,1-5H3. The summed E-state index contributed by atoms with van der Waals surface area (Å²) >= 11 is 0. The van der Waals surface area contributed by atoms with Crippen molar-refractivity contribution in [1.29, 1.82) is 0 Å². The van der Waals surface area contributed by atoms with Crippen LogP contribution in [-0.2, 0) is 22.5 Å². The molecule has 0 heterocycles. The average Bonchev–Trinajstić information content (AvgIpc) is 2.40. The molecule has 0 amide bonds. The summed E-state index contributed by atoms with van der Waals surface area (Å²) < 4.78 is 4.84. The van der Waals surface area contributed by atoms with Crippen molar-refractivity contribution in [1.82, 2.24) is 4.90 Å². The highest BCUT2D eigenvalue weighted by molar-refractivity contribution is 5.79.